The Labute approximate surface area is 127 Å². The van der Waals surface area contributed by atoms with Crippen molar-refractivity contribution in [2.75, 3.05) is 19.8 Å². The monoisotopic (exact) mass is 284 g/mol. The van der Waals surface area contributed by atoms with Crippen molar-refractivity contribution < 1.29 is 4.74 Å². The first-order chi connectivity index (χ1) is 10.3. The minimum Gasteiger partial charge on any atom is -0.381 e. The number of nitriles is 1. The lowest BCUT2D eigenvalue weighted by Crippen LogP contribution is -2.51. The molecule has 2 aliphatic rings. The fourth-order valence-electron chi connectivity index (χ4n) is 3.09. The molecule has 2 aliphatic carbocycles. The molecule has 1 N–H and O–H groups in total. The summed E-state index contributed by atoms with van der Waals surface area (Å²) in [5.74, 6) is 0.853. The van der Waals surface area contributed by atoms with E-state index in [-0.39, 0.29) is 5.41 Å². The molecule has 0 saturated heterocycles. The van der Waals surface area contributed by atoms with Crippen LogP contribution in [-0.4, -0.2) is 25.8 Å². The van der Waals surface area contributed by atoms with Gasteiger partial charge in [0, 0.05) is 19.3 Å². The molecule has 2 saturated carbocycles. The van der Waals surface area contributed by atoms with Crippen molar-refractivity contribution in [3.63, 3.8) is 0 Å². The quantitative estimate of drug-likeness (QED) is 0.746. The molecule has 0 radical (unpaired) electrons. The molecule has 0 heterocycles. The van der Waals surface area contributed by atoms with E-state index in [1.807, 2.05) is 18.2 Å². The second-order valence-corrected chi connectivity index (χ2v) is 6.49. The van der Waals surface area contributed by atoms with Gasteiger partial charge in [-0.1, -0.05) is 30.3 Å². The van der Waals surface area contributed by atoms with E-state index in [4.69, 9.17) is 4.74 Å². The summed E-state index contributed by atoms with van der Waals surface area (Å²) in [4.78, 5) is 0. The fraction of sp³-hybridized carbons (Fsp3) is 0.611. The summed E-state index contributed by atoms with van der Waals surface area (Å²) < 4.78 is 5.63. The predicted molar refractivity (Wildman–Crippen MR) is 82.9 cm³/mol. The largest absolute Gasteiger partial charge is 0.381 e. The van der Waals surface area contributed by atoms with E-state index in [0.717, 1.165) is 44.9 Å². The van der Waals surface area contributed by atoms with Crippen LogP contribution in [-0.2, 0) is 10.2 Å². The van der Waals surface area contributed by atoms with Gasteiger partial charge in [-0.2, -0.15) is 5.26 Å². The van der Waals surface area contributed by atoms with Crippen LogP contribution in [0.2, 0.25) is 0 Å². The second kappa shape index (κ2) is 6.60. The summed E-state index contributed by atoms with van der Waals surface area (Å²) >= 11 is 0. The second-order valence-electron chi connectivity index (χ2n) is 6.49. The number of ether oxygens (including phenoxy) is 1. The molecule has 0 spiro atoms. The topological polar surface area (TPSA) is 45.0 Å². The molecule has 0 amide bonds. The molecule has 0 atom stereocenters. The first-order valence-corrected chi connectivity index (χ1v) is 8.10. The average molecular weight is 284 g/mol. The van der Waals surface area contributed by atoms with E-state index >= 15 is 0 Å². The van der Waals surface area contributed by atoms with Crippen molar-refractivity contribution in [1.29, 1.82) is 5.26 Å². The van der Waals surface area contributed by atoms with E-state index in [1.54, 1.807) is 0 Å². The highest BCUT2D eigenvalue weighted by atomic mass is 16.5. The number of nitrogens with one attached hydrogen (secondary N) is 1. The third kappa shape index (κ3) is 3.64. The van der Waals surface area contributed by atoms with Crippen LogP contribution < -0.4 is 5.32 Å². The zero-order valence-corrected chi connectivity index (χ0v) is 12.6. The molecule has 3 rings (SSSR count). The van der Waals surface area contributed by atoms with Crippen LogP contribution in [0.1, 0.15) is 37.7 Å². The van der Waals surface area contributed by atoms with Gasteiger partial charge in [0.15, 0.2) is 0 Å². The van der Waals surface area contributed by atoms with Gasteiger partial charge in [0.25, 0.3) is 0 Å². The van der Waals surface area contributed by atoms with E-state index in [1.165, 1.54) is 18.4 Å². The Hall–Kier alpha value is -1.37. The molecule has 1 aromatic carbocycles. The van der Waals surface area contributed by atoms with E-state index < -0.39 is 0 Å². The Morgan fingerprint density at radius 1 is 1.24 bits per heavy atom. The normalized spacial score (nSPS) is 27.9. The minimum absolute atomic E-state index is 0.263. The van der Waals surface area contributed by atoms with Crippen molar-refractivity contribution in [3.05, 3.63) is 35.9 Å². The van der Waals surface area contributed by atoms with Crippen molar-refractivity contribution in [1.82, 2.24) is 5.32 Å². The Morgan fingerprint density at radius 3 is 2.67 bits per heavy atom. The molecule has 0 aliphatic heterocycles. The molecule has 3 nitrogen and oxygen atoms in total. The Morgan fingerprint density at radius 2 is 2.00 bits per heavy atom. The molecule has 112 valence electrons. The molecule has 1 aromatic rings. The summed E-state index contributed by atoms with van der Waals surface area (Å²) in [6.45, 7) is 2.80. The SMILES string of the molecule is N#CC1(c2ccccc2)CC(NCCCOCC2CC2)C1. The van der Waals surface area contributed by atoms with Gasteiger partial charge in [-0.3, -0.25) is 0 Å². The summed E-state index contributed by atoms with van der Waals surface area (Å²) in [5.41, 5.74) is 0.903. The maximum absolute atomic E-state index is 9.51. The third-order valence-corrected chi connectivity index (χ3v) is 4.68. The van der Waals surface area contributed by atoms with Gasteiger partial charge in [-0.25, -0.2) is 0 Å². The first kappa shape index (κ1) is 14.6. The standard InChI is InChI=1S/C18H24N2O/c19-14-18(16-5-2-1-3-6-16)11-17(12-18)20-9-4-10-21-13-15-7-8-15/h1-3,5-6,15,17,20H,4,7-13H2. The zero-order chi connectivity index (χ0) is 14.5. The molecular formula is C18H24N2O. The molecule has 3 heteroatoms. The van der Waals surface area contributed by atoms with Crippen molar-refractivity contribution in [3.8, 4) is 6.07 Å². The Kier molecular flexibility index (Phi) is 4.57. The smallest absolute Gasteiger partial charge is 0.0852 e. The van der Waals surface area contributed by atoms with Crippen LogP contribution in [0.25, 0.3) is 0 Å². The number of nitrogens with zero attached hydrogens (tertiary/aromatic N) is 1. The Balaban J connectivity index is 1.33. The summed E-state index contributed by atoms with van der Waals surface area (Å²) in [6.07, 6.45) is 5.63. The Bertz CT molecular complexity index is 484. The number of hydrogen-bond donors (Lipinski definition) is 1. The van der Waals surface area contributed by atoms with Gasteiger partial charge in [0.1, 0.15) is 0 Å². The van der Waals surface area contributed by atoms with E-state index in [2.05, 4.69) is 23.5 Å². The van der Waals surface area contributed by atoms with Crippen LogP contribution in [0.3, 0.4) is 0 Å². The van der Waals surface area contributed by atoms with E-state index in [9.17, 15) is 5.26 Å². The molecule has 0 aromatic heterocycles. The highest BCUT2D eigenvalue weighted by Crippen LogP contribution is 2.43. The molecular weight excluding hydrogens is 260 g/mol. The van der Waals surface area contributed by atoms with Crippen LogP contribution in [0.5, 0.6) is 0 Å². The highest BCUT2D eigenvalue weighted by Gasteiger charge is 2.45. The molecule has 2 fully saturated rings. The molecule has 21 heavy (non-hydrogen) atoms. The van der Waals surface area contributed by atoms with Gasteiger partial charge in [0.05, 0.1) is 11.5 Å². The number of hydrogen-bond acceptors (Lipinski definition) is 3. The maximum Gasteiger partial charge on any atom is 0.0852 e. The summed E-state index contributed by atoms with van der Waals surface area (Å²) in [7, 11) is 0. The third-order valence-electron chi connectivity index (χ3n) is 4.68. The van der Waals surface area contributed by atoms with Crippen LogP contribution >= 0.6 is 0 Å². The van der Waals surface area contributed by atoms with Crippen molar-refractivity contribution in [2.24, 2.45) is 5.92 Å². The van der Waals surface area contributed by atoms with Gasteiger partial charge in [-0.15, -0.1) is 0 Å². The van der Waals surface area contributed by atoms with Crippen molar-refractivity contribution >= 4 is 0 Å². The lowest BCUT2D eigenvalue weighted by molar-refractivity contribution is 0.119. The predicted octanol–water partition coefficient (Wildman–Crippen LogP) is 3.02. The van der Waals surface area contributed by atoms with Gasteiger partial charge >= 0.3 is 0 Å². The highest BCUT2D eigenvalue weighted by molar-refractivity contribution is 5.36. The first-order valence-electron chi connectivity index (χ1n) is 8.10. The molecule has 0 bridgehead atoms. The van der Waals surface area contributed by atoms with Gasteiger partial charge in [-0.05, 0) is 50.1 Å². The van der Waals surface area contributed by atoms with Crippen molar-refractivity contribution in [2.45, 2.75) is 43.6 Å². The number of rotatable bonds is 8. The van der Waals surface area contributed by atoms with Crippen LogP contribution in [0, 0.1) is 17.2 Å². The van der Waals surface area contributed by atoms with E-state index in [0.29, 0.717) is 6.04 Å². The maximum atomic E-state index is 9.51. The lowest BCUT2D eigenvalue weighted by Gasteiger charge is -2.43. The minimum atomic E-state index is -0.263. The summed E-state index contributed by atoms with van der Waals surface area (Å²) in [6, 6.07) is 13.2. The average Bonchev–Trinajstić information content (AvgIpc) is 3.30. The lowest BCUT2D eigenvalue weighted by atomic mass is 9.62. The van der Waals surface area contributed by atoms with Gasteiger partial charge in [0.2, 0.25) is 0 Å². The zero-order valence-electron chi connectivity index (χ0n) is 12.6. The van der Waals surface area contributed by atoms with Gasteiger partial charge < -0.3 is 10.1 Å². The molecule has 0 unspecified atom stereocenters. The fourth-order valence-corrected chi connectivity index (χ4v) is 3.09. The van der Waals surface area contributed by atoms with Crippen LogP contribution in [0.15, 0.2) is 30.3 Å². The van der Waals surface area contributed by atoms with Crippen LogP contribution in [0.4, 0.5) is 0 Å². The summed E-state index contributed by atoms with van der Waals surface area (Å²) in [5, 5.41) is 13.1. The number of benzene rings is 1.